The molecule has 6 aromatic rings. The molecule has 4 aliphatic rings. The van der Waals surface area contributed by atoms with E-state index in [-0.39, 0.29) is 5.41 Å². The predicted molar refractivity (Wildman–Crippen MR) is 206 cm³/mol. The summed E-state index contributed by atoms with van der Waals surface area (Å²) in [5.74, 6) is 2.59. The normalized spacial score (nSPS) is 21.4. The fourth-order valence-corrected chi connectivity index (χ4v) is 10.4. The average molecular weight is 636 g/mol. The van der Waals surface area contributed by atoms with Crippen LogP contribution < -0.4 is 4.90 Å². The van der Waals surface area contributed by atoms with Crippen LogP contribution in [0.4, 0.5) is 17.1 Å². The number of hydrogen-bond donors (Lipinski definition) is 0. The highest BCUT2D eigenvalue weighted by atomic mass is 15.1. The molecule has 0 N–H and O–H groups in total. The molecule has 10 rings (SSSR count). The van der Waals surface area contributed by atoms with E-state index in [1.807, 2.05) is 0 Å². The summed E-state index contributed by atoms with van der Waals surface area (Å²) in [7, 11) is 0. The number of anilines is 3. The van der Waals surface area contributed by atoms with Crippen molar-refractivity contribution < 1.29 is 0 Å². The summed E-state index contributed by atoms with van der Waals surface area (Å²) in [5, 5.41) is 2.66. The maximum atomic E-state index is 2.49. The van der Waals surface area contributed by atoms with E-state index in [2.05, 4.69) is 140 Å². The van der Waals surface area contributed by atoms with E-state index in [9.17, 15) is 0 Å². The molecule has 2 saturated carbocycles. The van der Waals surface area contributed by atoms with Gasteiger partial charge in [0.05, 0.1) is 0 Å². The van der Waals surface area contributed by atoms with Crippen molar-refractivity contribution in [2.24, 2.45) is 11.8 Å². The molecule has 3 atom stereocenters. The van der Waals surface area contributed by atoms with Crippen LogP contribution in [0.15, 0.2) is 121 Å². The fourth-order valence-electron chi connectivity index (χ4n) is 10.4. The van der Waals surface area contributed by atoms with Crippen LogP contribution in [0.1, 0.15) is 86.1 Å². The van der Waals surface area contributed by atoms with Crippen molar-refractivity contribution in [3.63, 3.8) is 0 Å². The molecule has 4 aliphatic carbocycles. The molecule has 2 fully saturated rings. The monoisotopic (exact) mass is 635 g/mol. The van der Waals surface area contributed by atoms with Gasteiger partial charge in [0.25, 0.3) is 0 Å². The van der Waals surface area contributed by atoms with Gasteiger partial charge in [-0.1, -0.05) is 105 Å². The highest BCUT2D eigenvalue weighted by Crippen LogP contribution is 2.54. The quantitative estimate of drug-likeness (QED) is 0.182. The number of fused-ring (bicyclic) bond motifs is 8. The minimum atomic E-state index is -0.0850. The van der Waals surface area contributed by atoms with Crippen LogP contribution in [-0.2, 0) is 18.3 Å². The molecule has 1 heteroatoms. The molecule has 3 unspecified atom stereocenters. The molecule has 0 amide bonds. The van der Waals surface area contributed by atoms with E-state index in [1.165, 1.54) is 118 Å². The van der Waals surface area contributed by atoms with E-state index in [0.29, 0.717) is 0 Å². The summed E-state index contributed by atoms with van der Waals surface area (Å²) in [5.41, 5.74) is 16.6. The Morgan fingerprint density at radius 2 is 1.39 bits per heavy atom. The first-order chi connectivity index (χ1) is 24.0. The average Bonchev–Trinajstić information content (AvgIpc) is 3.85. The van der Waals surface area contributed by atoms with Gasteiger partial charge in [0, 0.05) is 22.5 Å². The Labute approximate surface area is 291 Å². The van der Waals surface area contributed by atoms with Gasteiger partial charge in [0.2, 0.25) is 0 Å². The Morgan fingerprint density at radius 3 is 2.18 bits per heavy atom. The summed E-state index contributed by atoms with van der Waals surface area (Å²) in [6.07, 6.45) is 10.7. The summed E-state index contributed by atoms with van der Waals surface area (Å²) in [6, 6.07) is 46.8. The molecule has 0 aliphatic heterocycles. The predicted octanol–water partition coefficient (Wildman–Crippen LogP) is 13.1. The topological polar surface area (TPSA) is 3.24 Å². The van der Waals surface area contributed by atoms with Gasteiger partial charge in [-0.05, 0) is 160 Å². The Kier molecular flexibility index (Phi) is 6.70. The number of rotatable bonds is 5. The van der Waals surface area contributed by atoms with Gasteiger partial charge >= 0.3 is 0 Å². The van der Waals surface area contributed by atoms with Crippen molar-refractivity contribution in [2.75, 3.05) is 4.90 Å². The minimum Gasteiger partial charge on any atom is -0.310 e. The number of hydrogen-bond acceptors (Lipinski definition) is 1. The smallest absolute Gasteiger partial charge is 0.0465 e. The third-order valence-corrected chi connectivity index (χ3v) is 13.0. The zero-order chi connectivity index (χ0) is 32.7. The van der Waals surface area contributed by atoms with Gasteiger partial charge < -0.3 is 4.90 Å². The highest BCUT2D eigenvalue weighted by molar-refractivity contribution is 6.03. The number of aryl methyl sites for hydroxylation is 1. The fraction of sp³-hybridized carbons (Fsp3) is 0.292. The molecule has 0 spiro atoms. The van der Waals surface area contributed by atoms with E-state index >= 15 is 0 Å². The summed E-state index contributed by atoms with van der Waals surface area (Å²) < 4.78 is 0. The van der Waals surface area contributed by atoms with Gasteiger partial charge in [-0.15, -0.1) is 0 Å². The Hall–Kier alpha value is -4.62. The highest BCUT2D eigenvalue weighted by Gasteiger charge is 2.40. The van der Waals surface area contributed by atoms with Crippen LogP contribution in [0.3, 0.4) is 0 Å². The molecule has 0 radical (unpaired) electrons. The maximum absolute atomic E-state index is 2.49. The van der Waals surface area contributed by atoms with E-state index < -0.39 is 0 Å². The van der Waals surface area contributed by atoms with E-state index in [4.69, 9.17) is 0 Å². The van der Waals surface area contributed by atoms with E-state index in [0.717, 1.165) is 17.8 Å². The van der Waals surface area contributed by atoms with Crippen molar-refractivity contribution in [2.45, 2.75) is 76.5 Å². The van der Waals surface area contributed by atoms with Crippen LogP contribution >= 0.6 is 0 Å². The second kappa shape index (κ2) is 11.2. The molecule has 6 aromatic carbocycles. The maximum Gasteiger partial charge on any atom is 0.0465 e. The first-order valence-corrected chi connectivity index (χ1v) is 18.8. The van der Waals surface area contributed by atoms with Crippen molar-refractivity contribution in [1.29, 1.82) is 0 Å². The molecule has 0 saturated heterocycles. The molecule has 242 valence electrons. The van der Waals surface area contributed by atoms with Crippen LogP contribution in [-0.4, -0.2) is 0 Å². The van der Waals surface area contributed by atoms with Crippen LogP contribution in [0, 0.1) is 11.8 Å². The van der Waals surface area contributed by atoms with Gasteiger partial charge in [-0.2, -0.15) is 0 Å². The van der Waals surface area contributed by atoms with Crippen molar-refractivity contribution >= 4 is 27.8 Å². The van der Waals surface area contributed by atoms with Crippen molar-refractivity contribution in [1.82, 2.24) is 0 Å². The lowest BCUT2D eigenvalue weighted by Gasteiger charge is -2.29. The largest absolute Gasteiger partial charge is 0.310 e. The van der Waals surface area contributed by atoms with Crippen molar-refractivity contribution in [3.05, 3.63) is 149 Å². The zero-order valence-corrected chi connectivity index (χ0v) is 28.9. The molecule has 1 nitrogen and oxygen atoms in total. The van der Waals surface area contributed by atoms with Gasteiger partial charge in [-0.25, -0.2) is 0 Å². The third-order valence-electron chi connectivity index (χ3n) is 13.0. The van der Waals surface area contributed by atoms with Gasteiger partial charge in [-0.3, -0.25) is 0 Å². The first kappa shape index (κ1) is 29.3. The van der Waals surface area contributed by atoms with Crippen molar-refractivity contribution in [3.8, 4) is 22.3 Å². The lowest BCUT2D eigenvalue weighted by atomic mass is 9.82. The van der Waals surface area contributed by atoms with Crippen LogP contribution in [0.2, 0.25) is 0 Å². The summed E-state index contributed by atoms with van der Waals surface area (Å²) in [4.78, 5) is 2.49. The molecule has 2 bridgehead atoms. The third kappa shape index (κ3) is 4.65. The first-order valence-electron chi connectivity index (χ1n) is 18.8. The number of nitrogens with zero attached hydrogens (tertiary/aromatic N) is 1. The molecule has 0 heterocycles. The zero-order valence-electron chi connectivity index (χ0n) is 28.9. The SMILES string of the molecule is CC1(C)c2cc(N(c3ccc(-c4cccc5c4CCCC5)cc3)c3ccc(C4CC5CCC4C5)cc3)ccc2-c2c1ccc1ccccc21. The Morgan fingerprint density at radius 1 is 0.612 bits per heavy atom. The van der Waals surface area contributed by atoms with E-state index in [1.54, 1.807) is 11.1 Å². The lowest BCUT2D eigenvalue weighted by Crippen LogP contribution is -2.16. The molecule has 0 aromatic heterocycles. The second-order valence-electron chi connectivity index (χ2n) is 16.0. The number of benzene rings is 6. The molecular weight excluding hydrogens is 591 g/mol. The lowest BCUT2D eigenvalue weighted by molar-refractivity contribution is 0.420. The van der Waals surface area contributed by atoms with Gasteiger partial charge in [0.15, 0.2) is 0 Å². The summed E-state index contributed by atoms with van der Waals surface area (Å²) >= 11 is 0. The molecular formula is C48H45N. The van der Waals surface area contributed by atoms with Gasteiger partial charge in [0.1, 0.15) is 0 Å². The van der Waals surface area contributed by atoms with Crippen LogP contribution in [0.5, 0.6) is 0 Å². The van der Waals surface area contributed by atoms with Crippen LogP contribution in [0.25, 0.3) is 33.0 Å². The standard InChI is InChI=1S/C48H45N/c1-48(2)45-27-20-33-9-4-6-12-42(33)47(45)43-26-25-39(30-46(43)48)49(38-23-18-35(19-24-38)44-29-31-14-15-36(44)28-31)37-21-16-34(17-22-37)41-13-7-10-32-8-3-5-11-40(32)41/h4,6-7,9-10,12-13,16-27,30-31,36,44H,3,5,8,11,14-15,28-29H2,1-2H3. The second-order valence-corrected chi connectivity index (χ2v) is 16.0. The Bertz CT molecular complexity index is 2220. The minimum absolute atomic E-state index is 0.0850. The summed E-state index contributed by atoms with van der Waals surface area (Å²) in [6.45, 7) is 4.81. The molecule has 49 heavy (non-hydrogen) atoms. The Balaban J connectivity index is 1.08.